The predicted octanol–water partition coefficient (Wildman–Crippen LogP) is 8.18. The molecule has 0 saturated carbocycles. The smallest absolute Gasteiger partial charge is 0.201 e. The van der Waals surface area contributed by atoms with Gasteiger partial charge in [0, 0.05) is 38.5 Å². The molecule has 38 heavy (non-hydrogen) atoms. The molecule has 0 atom stereocenters. The average Bonchev–Trinajstić information content (AvgIpc) is 2.83. The number of hydrogen-bond donors (Lipinski definition) is 0. The van der Waals surface area contributed by atoms with Crippen molar-refractivity contribution in [2.24, 2.45) is 14.1 Å². The first kappa shape index (κ1) is 25.0. The van der Waals surface area contributed by atoms with E-state index in [1.165, 1.54) is 33.5 Å². The highest BCUT2D eigenvalue weighted by Gasteiger charge is 2.21. The van der Waals surface area contributed by atoms with E-state index in [2.05, 4.69) is 126 Å². The third-order valence-corrected chi connectivity index (χ3v) is 7.16. The van der Waals surface area contributed by atoms with Crippen molar-refractivity contribution < 1.29 is 13.2 Å². The molecule has 200 valence electrons. The normalized spacial score (nSPS) is 13.2. The Labute approximate surface area is 236 Å². The fourth-order valence-electron chi connectivity index (χ4n) is 4.71. The first-order valence-electron chi connectivity index (χ1n) is 15.0. The first-order chi connectivity index (χ1) is 18.8. The second kappa shape index (κ2) is 11.2. The molecule has 0 aliphatic heterocycles. The van der Waals surface area contributed by atoms with Gasteiger partial charge in [-0.2, -0.15) is 0 Å². The minimum absolute atomic E-state index is 0.108. The van der Waals surface area contributed by atoms with Crippen molar-refractivity contribution in [1.29, 1.82) is 0 Å². The molecule has 0 N–H and O–H groups in total. The molecule has 0 aliphatic rings. The maximum Gasteiger partial charge on any atom is 0.212 e. The lowest BCUT2D eigenvalue weighted by Crippen LogP contribution is -2.33. The van der Waals surface area contributed by atoms with Crippen LogP contribution in [0.25, 0.3) is 22.5 Å². The van der Waals surface area contributed by atoms with Gasteiger partial charge in [0.2, 0.25) is 11.4 Å². The molecule has 0 radical (unpaired) electrons. The summed E-state index contributed by atoms with van der Waals surface area (Å²) in [6.07, 6.45) is 4.39. The van der Waals surface area contributed by atoms with E-state index in [0.717, 1.165) is 16.8 Å². The fraction of sp³-hybridized carbons (Fsp3) is 0.389. The quantitative estimate of drug-likeness (QED) is 0.240. The minimum atomic E-state index is -2.05. The molecule has 2 heteroatoms. The summed E-state index contributed by atoms with van der Waals surface area (Å²) in [4.78, 5) is 0. The van der Waals surface area contributed by atoms with E-state index in [-0.39, 0.29) is 10.8 Å². The zero-order valence-corrected chi connectivity index (χ0v) is 25.3. The molecule has 2 nitrogen and oxygen atoms in total. The highest BCUT2D eigenvalue weighted by atomic mass is 14.9. The summed E-state index contributed by atoms with van der Waals surface area (Å²) in [6.45, 7) is 17.6. The minimum Gasteiger partial charge on any atom is -0.201 e. The number of hydrogen-bond acceptors (Lipinski definition) is 0. The Morgan fingerprint density at radius 1 is 0.553 bits per heavy atom. The average molecular weight is 512 g/mol. The Bertz CT molecular complexity index is 1470. The number of aromatic nitrogens is 2. The van der Waals surface area contributed by atoms with Crippen LogP contribution in [-0.4, -0.2) is 0 Å². The Morgan fingerprint density at radius 3 is 1.29 bits per heavy atom. The maximum atomic E-state index is 7.51. The van der Waals surface area contributed by atoms with Crippen LogP contribution >= 0.6 is 0 Å². The Morgan fingerprint density at radius 2 is 0.947 bits per heavy atom. The summed E-state index contributed by atoms with van der Waals surface area (Å²) in [7, 11) is 4.16. The number of aryl methyl sites for hydroxylation is 6. The largest absolute Gasteiger partial charge is 0.212 e. The fourth-order valence-corrected chi connectivity index (χ4v) is 4.71. The lowest BCUT2D eigenvalue weighted by Gasteiger charge is -2.17. The van der Waals surface area contributed by atoms with Crippen molar-refractivity contribution in [2.75, 3.05) is 0 Å². The lowest BCUT2D eigenvalue weighted by molar-refractivity contribution is -0.661. The summed E-state index contributed by atoms with van der Waals surface area (Å²) in [5.74, 6) is 0. The van der Waals surface area contributed by atoms with E-state index in [4.69, 9.17) is 4.11 Å². The maximum absolute atomic E-state index is 7.51. The van der Waals surface area contributed by atoms with Crippen LogP contribution in [-0.2, 0) is 24.9 Å². The van der Waals surface area contributed by atoms with Gasteiger partial charge in [0.25, 0.3) is 0 Å². The highest BCUT2D eigenvalue weighted by molar-refractivity contribution is 5.62. The lowest BCUT2D eigenvalue weighted by atomic mass is 9.88. The van der Waals surface area contributed by atoms with Crippen LogP contribution in [0.5, 0.6) is 0 Å². The molecule has 0 fully saturated rings. The van der Waals surface area contributed by atoms with Gasteiger partial charge in [-0.25, -0.2) is 9.13 Å². The monoisotopic (exact) mass is 511 g/mol. The molecule has 2 aromatic heterocycles. The van der Waals surface area contributed by atoms with Crippen LogP contribution in [0.3, 0.4) is 0 Å². The summed E-state index contributed by atoms with van der Waals surface area (Å²) in [6, 6.07) is 20.7. The number of nitrogens with zero attached hydrogens (tertiary/aromatic N) is 2. The van der Waals surface area contributed by atoms with Crippen molar-refractivity contribution in [3.8, 4) is 22.5 Å². The van der Waals surface area contributed by atoms with Gasteiger partial charge in [0.05, 0.1) is 0 Å². The van der Waals surface area contributed by atoms with Gasteiger partial charge >= 0.3 is 0 Å². The van der Waals surface area contributed by atoms with Crippen LogP contribution < -0.4 is 9.13 Å². The summed E-state index contributed by atoms with van der Waals surface area (Å²) < 4.78 is 26.9. The first-order valence-corrected chi connectivity index (χ1v) is 13.5. The Hall–Kier alpha value is -3.26. The van der Waals surface area contributed by atoms with Gasteiger partial charge in [0.15, 0.2) is 12.4 Å². The van der Waals surface area contributed by atoms with Crippen molar-refractivity contribution in [3.05, 3.63) is 106 Å². The standard InChI is InChI=1S/2C18H24N/c2*1-13-7-9-16(14(2)11-13)17-10-8-15(12-19(17)6)18(3,4)5/h2*7-12H,1-6H3/q2*+1/i1D3;. The summed E-state index contributed by atoms with van der Waals surface area (Å²) >= 11 is 0. The van der Waals surface area contributed by atoms with Gasteiger partial charge in [-0.05, 0) is 73.8 Å². The van der Waals surface area contributed by atoms with Crippen LogP contribution in [0.15, 0.2) is 73.1 Å². The van der Waals surface area contributed by atoms with Crippen LogP contribution in [0.4, 0.5) is 0 Å². The molecule has 2 aromatic carbocycles. The topological polar surface area (TPSA) is 7.76 Å². The van der Waals surface area contributed by atoms with Crippen molar-refractivity contribution in [1.82, 2.24) is 0 Å². The van der Waals surface area contributed by atoms with E-state index in [1.807, 2.05) is 20.0 Å². The highest BCUT2D eigenvalue weighted by Crippen LogP contribution is 2.26. The Kier molecular flexibility index (Phi) is 7.40. The number of benzene rings is 2. The molecule has 2 heterocycles. The molecular weight excluding hydrogens is 460 g/mol. The zero-order valence-electron chi connectivity index (χ0n) is 28.3. The molecule has 4 rings (SSSR count). The second-order valence-corrected chi connectivity index (χ2v) is 12.7. The Balaban J connectivity index is 0.000000228. The molecule has 0 saturated heterocycles. The SMILES string of the molecule is Cc1ccc(-c2ccc(C(C)(C)C)c[n+]2C)c(C)c1.[2H]C([2H])([2H])c1ccc(-c2ccc(C(C)(C)C)c[n+]2C)c(C)c1. The van der Waals surface area contributed by atoms with Crippen molar-refractivity contribution >= 4 is 0 Å². The molecular formula is C36H48N2+2. The third-order valence-electron chi connectivity index (χ3n) is 7.16. The van der Waals surface area contributed by atoms with Gasteiger partial charge in [0.1, 0.15) is 14.1 Å². The van der Waals surface area contributed by atoms with Gasteiger partial charge in [-0.1, -0.05) is 76.9 Å². The number of pyridine rings is 2. The van der Waals surface area contributed by atoms with Gasteiger partial charge in [-0.15, -0.1) is 0 Å². The van der Waals surface area contributed by atoms with Gasteiger partial charge < -0.3 is 0 Å². The molecule has 0 aliphatic carbocycles. The molecule has 4 aromatic rings. The van der Waals surface area contributed by atoms with E-state index in [9.17, 15) is 0 Å². The number of rotatable bonds is 2. The van der Waals surface area contributed by atoms with E-state index in [0.29, 0.717) is 5.56 Å². The van der Waals surface area contributed by atoms with Crippen LogP contribution in [0.1, 0.15) is 79.0 Å². The molecule has 0 spiro atoms. The van der Waals surface area contributed by atoms with Gasteiger partial charge in [-0.3, -0.25) is 0 Å². The van der Waals surface area contributed by atoms with Crippen molar-refractivity contribution in [2.45, 2.75) is 80.0 Å². The predicted molar refractivity (Wildman–Crippen MR) is 162 cm³/mol. The third kappa shape index (κ3) is 6.98. The molecule has 0 unspecified atom stereocenters. The summed E-state index contributed by atoms with van der Waals surface area (Å²) in [5, 5.41) is 0. The zero-order chi connectivity index (χ0) is 30.9. The second-order valence-electron chi connectivity index (χ2n) is 12.7. The van der Waals surface area contributed by atoms with E-state index >= 15 is 0 Å². The molecule has 0 amide bonds. The van der Waals surface area contributed by atoms with Crippen LogP contribution in [0.2, 0.25) is 0 Å². The summed E-state index contributed by atoms with van der Waals surface area (Å²) in [5.41, 5.74) is 11.7. The van der Waals surface area contributed by atoms with Crippen LogP contribution in [0, 0.1) is 27.6 Å². The van der Waals surface area contributed by atoms with E-state index < -0.39 is 6.85 Å². The van der Waals surface area contributed by atoms with Crippen molar-refractivity contribution in [3.63, 3.8) is 0 Å². The van der Waals surface area contributed by atoms with E-state index in [1.54, 1.807) is 12.1 Å². The molecule has 0 bridgehead atoms.